The Morgan fingerprint density at radius 3 is 2.46 bits per heavy atom. The topological polar surface area (TPSA) is 96.9 Å². The van der Waals surface area contributed by atoms with Crippen molar-refractivity contribution in [3.8, 4) is 0 Å². The summed E-state index contributed by atoms with van der Waals surface area (Å²) < 4.78 is 66.7. The van der Waals surface area contributed by atoms with Gasteiger partial charge in [0.25, 0.3) is 10.0 Å². The molecule has 1 aromatic carbocycles. The van der Waals surface area contributed by atoms with Crippen molar-refractivity contribution in [1.29, 1.82) is 0 Å². The lowest BCUT2D eigenvalue weighted by Gasteiger charge is -2.23. The Hall–Kier alpha value is -2.44. The molecule has 1 aliphatic rings. The first kappa shape index (κ1) is 25.6. The Kier molecular flexibility index (Phi) is 7.26. The third-order valence-electron chi connectivity index (χ3n) is 5.78. The van der Waals surface area contributed by atoms with E-state index >= 15 is 0 Å². The van der Waals surface area contributed by atoms with Crippen LogP contribution in [0.4, 0.5) is 24.1 Å². The van der Waals surface area contributed by atoms with Crippen molar-refractivity contribution in [1.82, 2.24) is 15.2 Å². The van der Waals surface area contributed by atoms with Crippen LogP contribution in [0.5, 0.6) is 0 Å². The van der Waals surface area contributed by atoms with Crippen LogP contribution in [0.2, 0.25) is 5.02 Å². The Balaban J connectivity index is 1.47. The van der Waals surface area contributed by atoms with Crippen molar-refractivity contribution in [3.63, 3.8) is 0 Å². The van der Waals surface area contributed by atoms with E-state index in [2.05, 4.69) is 25.2 Å². The number of hydrogen-bond acceptors (Lipinski definition) is 7. The fourth-order valence-corrected chi connectivity index (χ4v) is 6.18. The highest BCUT2D eigenvalue weighted by atomic mass is 35.5. The molecule has 1 saturated carbocycles. The number of sulfonamides is 1. The molecule has 2 atom stereocenters. The van der Waals surface area contributed by atoms with Gasteiger partial charge in [-0.3, -0.25) is 4.72 Å². The summed E-state index contributed by atoms with van der Waals surface area (Å²) in [7, 11) is -3.83. The summed E-state index contributed by atoms with van der Waals surface area (Å²) in [6, 6.07) is 7.31. The van der Waals surface area contributed by atoms with E-state index in [1.165, 1.54) is 23.5 Å². The highest BCUT2D eigenvalue weighted by Gasteiger charge is 2.33. The molecule has 7 nitrogen and oxygen atoms in total. The summed E-state index contributed by atoms with van der Waals surface area (Å²) in [6.45, 7) is 3.90. The zero-order chi connectivity index (χ0) is 25.4. The summed E-state index contributed by atoms with van der Waals surface area (Å²) in [5.74, 6) is 0.361. The van der Waals surface area contributed by atoms with Gasteiger partial charge in [-0.15, -0.1) is 10.2 Å². The molecule has 0 saturated heterocycles. The molecule has 4 rings (SSSR count). The van der Waals surface area contributed by atoms with Gasteiger partial charge >= 0.3 is 6.18 Å². The van der Waals surface area contributed by atoms with Gasteiger partial charge in [-0.25, -0.2) is 13.4 Å². The van der Waals surface area contributed by atoms with Gasteiger partial charge in [0.15, 0.2) is 0 Å². The van der Waals surface area contributed by atoms with E-state index in [-0.39, 0.29) is 38.7 Å². The molecule has 188 valence electrons. The molecule has 3 aromatic rings. The Labute approximate surface area is 210 Å². The third kappa shape index (κ3) is 5.87. The molecule has 1 fully saturated rings. The van der Waals surface area contributed by atoms with Gasteiger partial charge in [0.1, 0.15) is 10.8 Å². The van der Waals surface area contributed by atoms with Crippen molar-refractivity contribution in [3.05, 3.63) is 57.7 Å². The van der Waals surface area contributed by atoms with E-state index in [0.29, 0.717) is 0 Å². The quantitative estimate of drug-likeness (QED) is 0.363. The Morgan fingerprint density at radius 2 is 1.86 bits per heavy atom. The summed E-state index contributed by atoms with van der Waals surface area (Å²) in [5, 5.41) is 11.9. The number of pyridine rings is 1. The highest BCUT2D eigenvalue weighted by Crippen LogP contribution is 2.39. The number of anilines is 2. The SMILES string of the molecule is CC(C)c1nnc(NS(=O)(=O)c2ccc([C@@H]3CCC[C@H]3Nc3ncc(C(F)(F)F)cc3Cl)cc2)s1. The second-order valence-electron chi connectivity index (χ2n) is 8.62. The second-order valence-corrected chi connectivity index (χ2v) is 11.7. The molecule has 0 bridgehead atoms. The second kappa shape index (κ2) is 9.90. The monoisotopic (exact) mass is 545 g/mol. The minimum Gasteiger partial charge on any atom is -0.365 e. The molecule has 13 heteroatoms. The predicted octanol–water partition coefficient (Wildman–Crippen LogP) is 6.28. The van der Waals surface area contributed by atoms with Gasteiger partial charge in [-0.05, 0) is 36.6 Å². The van der Waals surface area contributed by atoms with Crippen molar-refractivity contribution in [2.75, 3.05) is 10.0 Å². The van der Waals surface area contributed by atoms with Crippen LogP contribution < -0.4 is 10.0 Å². The fraction of sp³-hybridized carbons (Fsp3) is 0.409. The summed E-state index contributed by atoms with van der Waals surface area (Å²) >= 11 is 7.25. The van der Waals surface area contributed by atoms with Crippen LogP contribution >= 0.6 is 22.9 Å². The zero-order valence-corrected chi connectivity index (χ0v) is 21.2. The van der Waals surface area contributed by atoms with E-state index in [0.717, 1.165) is 42.1 Å². The number of halogens is 4. The number of nitrogens with one attached hydrogen (secondary N) is 2. The van der Waals surface area contributed by atoms with Crippen molar-refractivity contribution in [2.45, 2.75) is 62.1 Å². The van der Waals surface area contributed by atoms with E-state index in [9.17, 15) is 21.6 Å². The molecule has 0 unspecified atom stereocenters. The highest BCUT2D eigenvalue weighted by molar-refractivity contribution is 7.93. The van der Waals surface area contributed by atoms with Crippen LogP contribution in [0.25, 0.3) is 0 Å². The molecule has 2 N–H and O–H groups in total. The van der Waals surface area contributed by atoms with Crippen LogP contribution in [0.1, 0.15) is 61.1 Å². The average Bonchev–Trinajstić information content (AvgIpc) is 3.44. The van der Waals surface area contributed by atoms with Crippen LogP contribution in [-0.4, -0.2) is 29.6 Å². The first-order valence-electron chi connectivity index (χ1n) is 10.9. The zero-order valence-electron chi connectivity index (χ0n) is 18.8. The number of rotatable bonds is 7. The summed E-state index contributed by atoms with van der Waals surface area (Å²) in [6.07, 6.45) is -1.25. The van der Waals surface area contributed by atoms with Gasteiger partial charge in [-0.1, -0.05) is 55.3 Å². The van der Waals surface area contributed by atoms with Gasteiger partial charge < -0.3 is 5.32 Å². The van der Waals surface area contributed by atoms with Gasteiger partial charge in [0.2, 0.25) is 5.13 Å². The predicted molar refractivity (Wildman–Crippen MR) is 130 cm³/mol. The van der Waals surface area contributed by atoms with E-state index in [1.807, 2.05) is 13.8 Å². The molecule has 2 heterocycles. The van der Waals surface area contributed by atoms with Crippen LogP contribution in [-0.2, 0) is 16.2 Å². The number of alkyl halides is 3. The van der Waals surface area contributed by atoms with Gasteiger partial charge in [-0.2, -0.15) is 13.2 Å². The molecular weight excluding hydrogens is 523 g/mol. The maximum absolute atomic E-state index is 12.9. The van der Waals surface area contributed by atoms with Gasteiger partial charge in [0.05, 0.1) is 15.5 Å². The van der Waals surface area contributed by atoms with Crippen LogP contribution in [0, 0.1) is 0 Å². The lowest BCUT2D eigenvalue weighted by Crippen LogP contribution is -2.23. The largest absolute Gasteiger partial charge is 0.417 e. The average molecular weight is 546 g/mol. The maximum atomic E-state index is 12.9. The van der Waals surface area contributed by atoms with E-state index in [1.54, 1.807) is 12.1 Å². The lowest BCUT2D eigenvalue weighted by atomic mass is 9.94. The molecule has 0 radical (unpaired) electrons. The number of hydrogen-bond donors (Lipinski definition) is 2. The smallest absolute Gasteiger partial charge is 0.365 e. The molecule has 35 heavy (non-hydrogen) atoms. The van der Waals surface area contributed by atoms with Gasteiger partial charge in [0, 0.05) is 24.1 Å². The number of nitrogens with zero attached hydrogens (tertiary/aromatic N) is 3. The molecule has 0 spiro atoms. The fourth-order valence-electron chi connectivity index (χ4n) is 3.98. The summed E-state index contributed by atoms with van der Waals surface area (Å²) in [5.41, 5.74) is 0.00961. The van der Waals surface area contributed by atoms with Crippen molar-refractivity contribution < 1.29 is 21.6 Å². The molecule has 0 amide bonds. The lowest BCUT2D eigenvalue weighted by molar-refractivity contribution is -0.137. The Bertz CT molecular complexity index is 1300. The first-order valence-corrected chi connectivity index (χ1v) is 13.6. The minimum atomic E-state index is -4.52. The van der Waals surface area contributed by atoms with Crippen LogP contribution in [0.15, 0.2) is 41.4 Å². The van der Waals surface area contributed by atoms with E-state index in [4.69, 9.17) is 11.6 Å². The third-order valence-corrected chi connectivity index (χ3v) is 8.69. The molecule has 1 aliphatic carbocycles. The minimum absolute atomic E-state index is 0.0247. The van der Waals surface area contributed by atoms with E-state index < -0.39 is 21.8 Å². The van der Waals surface area contributed by atoms with Crippen LogP contribution in [0.3, 0.4) is 0 Å². The standard InChI is InChI=1S/C22H23ClF3N5O2S2/c1-12(2)20-29-30-21(34-20)31-35(32,33)15-8-6-13(7-9-15)16-4-3-5-18(16)28-19-17(23)10-14(11-27-19)22(24,25)26/h6-12,16,18H,3-5H2,1-2H3,(H,27,28)(H,30,31)/t16-,18+/m0/s1. The number of benzene rings is 1. The van der Waals surface area contributed by atoms with Crippen molar-refractivity contribution in [2.24, 2.45) is 0 Å². The van der Waals surface area contributed by atoms with Crippen molar-refractivity contribution >= 4 is 43.9 Å². The normalized spacial score (nSPS) is 18.7. The Morgan fingerprint density at radius 1 is 1.14 bits per heavy atom. The molecule has 2 aromatic heterocycles. The molecule has 0 aliphatic heterocycles. The first-order chi connectivity index (χ1) is 16.4. The maximum Gasteiger partial charge on any atom is 0.417 e. The summed E-state index contributed by atoms with van der Waals surface area (Å²) in [4.78, 5) is 3.97. The molecular formula is C22H23ClF3N5O2S2. The number of aromatic nitrogens is 3.